The zero-order chi connectivity index (χ0) is 8.72. The van der Waals surface area contributed by atoms with E-state index in [1.54, 1.807) is 0 Å². The summed E-state index contributed by atoms with van der Waals surface area (Å²) in [5, 5.41) is 0.803. The molecule has 0 unspecified atom stereocenters. The predicted molar refractivity (Wildman–Crippen MR) is 49.8 cm³/mol. The largest absolute Gasteiger partial charge is 0.491 e. The molecule has 12 heavy (non-hydrogen) atoms. The van der Waals surface area contributed by atoms with Gasteiger partial charge in [0.15, 0.2) is 0 Å². The molecule has 0 radical (unpaired) electrons. The minimum atomic E-state index is 0.697. The summed E-state index contributed by atoms with van der Waals surface area (Å²) >= 11 is 6.08. The van der Waals surface area contributed by atoms with Crippen molar-refractivity contribution in [3.05, 3.63) is 22.2 Å². The monoisotopic (exact) mass is 183 g/mol. The fourth-order valence-electron chi connectivity index (χ4n) is 1.52. The molecule has 0 atom stereocenters. The van der Waals surface area contributed by atoms with Crippen molar-refractivity contribution in [1.82, 2.24) is 0 Å². The Morgan fingerprint density at radius 1 is 1.58 bits per heavy atom. The molecule has 0 bridgehead atoms. The molecule has 0 saturated heterocycles. The molecule has 64 valence electrons. The molecule has 1 aliphatic heterocycles. The number of nitrogens with two attached hydrogens (primary N) is 1. The summed E-state index contributed by atoms with van der Waals surface area (Å²) in [4.78, 5) is 0. The van der Waals surface area contributed by atoms with Crippen LogP contribution in [-0.2, 0) is 6.42 Å². The summed E-state index contributed by atoms with van der Waals surface area (Å²) in [6.45, 7) is 2.65. The zero-order valence-electron chi connectivity index (χ0n) is 6.86. The van der Waals surface area contributed by atoms with Crippen molar-refractivity contribution in [3.63, 3.8) is 0 Å². The van der Waals surface area contributed by atoms with E-state index in [9.17, 15) is 0 Å². The van der Waals surface area contributed by atoms with Gasteiger partial charge in [0.25, 0.3) is 0 Å². The second-order valence-corrected chi connectivity index (χ2v) is 3.38. The van der Waals surface area contributed by atoms with E-state index in [1.165, 1.54) is 0 Å². The molecule has 0 aliphatic carbocycles. The average Bonchev–Trinajstić information content (AvgIpc) is 2.48. The average molecular weight is 184 g/mol. The Balaban J connectivity index is 2.69. The molecule has 1 aromatic carbocycles. The van der Waals surface area contributed by atoms with Crippen molar-refractivity contribution in [2.45, 2.75) is 13.3 Å². The van der Waals surface area contributed by atoms with Gasteiger partial charge in [0.05, 0.1) is 17.3 Å². The number of fused-ring (bicyclic) bond motifs is 1. The molecule has 0 saturated carbocycles. The quantitative estimate of drug-likeness (QED) is 0.626. The first-order valence-corrected chi connectivity index (χ1v) is 4.28. The van der Waals surface area contributed by atoms with Crippen LogP contribution in [0.2, 0.25) is 5.02 Å². The van der Waals surface area contributed by atoms with Gasteiger partial charge in [0.2, 0.25) is 0 Å². The van der Waals surface area contributed by atoms with Crippen LogP contribution in [0.3, 0.4) is 0 Å². The second kappa shape index (κ2) is 2.56. The highest BCUT2D eigenvalue weighted by molar-refractivity contribution is 6.32. The van der Waals surface area contributed by atoms with Crippen LogP contribution in [0.25, 0.3) is 0 Å². The topological polar surface area (TPSA) is 35.2 Å². The number of benzene rings is 1. The minimum absolute atomic E-state index is 0.697. The highest BCUT2D eigenvalue weighted by Gasteiger charge is 2.19. The van der Waals surface area contributed by atoms with Crippen LogP contribution in [0.15, 0.2) is 6.07 Å². The van der Waals surface area contributed by atoms with Gasteiger partial charge in [-0.1, -0.05) is 11.6 Å². The molecule has 0 spiro atoms. The summed E-state index contributed by atoms with van der Waals surface area (Å²) in [5.41, 5.74) is 8.55. The van der Waals surface area contributed by atoms with Gasteiger partial charge in [0.1, 0.15) is 5.75 Å². The normalized spacial score (nSPS) is 14.2. The van der Waals surface area contributed by atoms with Crippen molar-refractivity contribution in [2.24, 2.45) is 0 Å². The van der Waals surface area contributed by atoms with Crippen LogP contribution in [0.4, 0.5) is 5.69 Å². The van der Waals surface area contributed by atoms with Crippen LogP contribution >= 0.6 is 11.6 Å². The lowest BCUT2D eigenvalue weighted by Crippen LogP contribution is -1.93. The summed E-state index contributed by atoms with van der Waals surface area (Å²) in [5.74, 6) is 0.783. The molecule has 0 aromatic heterocycles. The number of hydrogen-bond acceptors (Lipinski definition) is 2. The summed E-state index contributed by atoms with van der Waals surface area (Å²) in [6, 6.07) is 1.85. The maximum absolute atomic E-state index is 6.08. The first kappa shape index (κ1) is 7.74. The van der Waals surface area contributed by atoms with Gasteiger partial charge in [-0.3, -0.25) is 0 Å². The summed E-state index contributed by atoms with van der Waals surface area (Å²) in [7, 11) is 0. The Bertz CT molecular complexity index is 336. The molecule has 2 N–H and O–H groups in total. The molecule has 0 fully saturated rings. The van der Waals surface area contributed by atoms with Crippen molar-refractivity contribution < 1.29 is 4.74 Å². The van der Waals surface area contributed by atoms with E-state index in [2.05, 4.69) is 0 Å². The fourth-order valence-corrected chi connectivity index (χ4v) is 1.76. The van der Waals surface area contributed by atoms with E-state index in [-0.39, 0.29) is 0 Å². The first-order chi connectivity index (χ1) is 5.70. The molecular weight excluding hydrogens is 174 g/mol. The van der Waals surface area contributed by atoms with Crippen molar-refractivity contribution in [1.29, 1.82) is 0 Å². The van der Waals surface area contributed by atoms with Gasteiger partial charge in [-0.2, -0.15) is 0 Å². The third-order valence-electron chi connectivity index (χ3n) is 2.12. The second-order valence-electron chi connectivity index (χ2n) is 3.00. The standard InChI is InChI=1S/C9H10ClNO/c1-5-4-7(11)9-6(8(5)10)2-3-12-9/h4H,2-3,11H2,1H3. The number of nitrogen functional groups attached to an aromatic ring is 1. The molecule has 2 nitrogen and oxygen atoms in total. The molecule has 1 aliphatic rings. The van der Waals surface area contributed by atoms with Crippen molar-refractivity contribution in [2.75, 3.05) is 12.3 Å². The minimum Gasteiger partial charge on any atom is -0.491 e. The Labute approximate surface area is 76.3 Å². The van der Waals surface area contributed by atoms with E-state index in [4.69, 9.17) is 22.1 Å². The maximum Gasteiger partial charge on any atom is 0.147 e. The highest BCUT2D eigenvalue weighted by atomic mass is 35.5. The smallest absolute Gasteiger partial charge is 0.147 e. The molecule has 0 amide bonds. The van der Waals surface area contributed by atoms with Gasteiger partial charge < -0.3 is 10.5 Å². The van der Waals surface area contributed by atoms with Crippen molar-refractivity contribution in [3.8, 4) is 5.75 Å². The number of hydrogen-bond donors (Lipinski definition) is 1. The van der Waals surface area contributed by atoms with Crippen LogP contribution in [0.1, 0.15) is 11.1 Å². The van der Waals surface area contributed by atoms with Crippen LogP contribution in [0.5, 0.6) is 5.75 Å². The van der Waals surface area contributed by atoms with Gasteiger partial charge in [-0.15, -0.1) is 0 Å². The van der Waals surface area contributed by atoms with E-state index < -0.39 is 0 Å². The number of halogens is 1. The van der Waals surface area contributed by atoms with Crippen LogP contribution in [-0.4, -0.2) is 6.61 Å². The van der Waals surface area contributed by atoms with Gasteiger partial charge >= 0.3 is 0 Å². The Kier molecular flexibility index (Phi) is 1.65. The van der Waals surface area contributed by atoms with E-state index in [0.29, 0.717) is 12.3 Å². The third-order valence-corrected chi connectivity index (χ3v) is 2.64. The molecule has 1 heterocycles. The first-order valence-electron chi connectivity index (χ1n) is 3.90. The lowest BCUT2D eigenvalue weighted by molar-refractivity contribution is 0.358. The van der Waals surface area contributed by atoms with Gasteiger partial charge in [0, 0.05) is 12.0 Å². The number of aryl methyl sites for hydroxylation is 1. The lowest BCUT2D eigenvalue weighted by Gasteiger charge is -2.07. The van der Waals surface area contributed by atoms with E-state index in [1.807, 2.05) is 13.0 Å². The Hall–Kier alpha value is -0.890. The third kappa shape index (κ3) is 0.950. The number of anilines is 1. The zero-order valence-corrected chi connectivity index (χ0v) is 7.61. The fraction of sp³-hybridized carbons (Fsp3) is 0.333. The summed E-state index contributed by atoms with van der Waals surface area (Å²) < 4.78 is 5.36. The molecule has 3 heteroatoms. The SMILES string of the molecule is Cc1cc(N)c2c(c1Cl)CCO2. The molecular formula is C9H10ClNO. The van der Waals surface area contributed by atoms with Gasteiger partial charge in [-0.25, -0.2) is 0 Å². The lowest BCUT2D eigenvalue weighted by atomic mass is 10.1. The predicted octanol–water partition coefficient (Wildman–Crippen LogP) is 2.17. The molecule has 2 rings (SSSR count). The van der Waals surface area contributed by atoms with Crippen LogP contribution in [0, 0.1) is 6.92 Å². The van der Waals surface area contributed by atoms with Crippen molar-refractivity contribution >= 4 is 17.3 Å². The van der Waals surface area contributed by atoms with E-state index in [0.717, 1.165) is 28.3 Å². The molecule has 1 aromatic rings. The maximum atomic E-state index is 6.08. The Morgan fingerprint density at radius 3 is 3.08 bits per heavy atom. The Morgan fingerprint density at radius 2 is 2.33 bits per heavy atom. The number of ether oxygens (including phenoxy) is 1. The highest BCUT2D eigenvalue weighted by Crippen LogP contribution is 2.38. The summed E-state index contributed by atoms with van der Waals surface area (Å²) in [6.07, 6.45) is 0.875. The number of rotatable bonds is 0. The van der Waals surface area contributed by atoms with Crippen LogP contribution < -0.4 is 10.5 Å². The van der Waals surface area contributed by atoms with E-state index >= 15 is 0 Å². The van der Waals surface area contributed by atoms with Gasteiger partial charge in [-0.05, 0) is 18.6 Å².